The van der Waals surface area contributed by atoms with Crippen molar-refractivity contribution in [2.45, 2.75) is 38.0 Å². The minimum absolute atomic E-state index is 0.181. The molecule has 0 bridgehead atoms. The first-order valence-electron chi connectivity index (χ1n) is 5.75. The van der Waals surface area contributed by atoms with Crippen LogP contribution in [0.15, 0.2) is 12.1 Å². The van der Waals surface area contributed by atoms with E-state index >= 15 is 0 Å². The summed E-state index contributed by atoms with van der Waals surface area (Å²) in [7, 11) is 0. The van der Waals surface area contributed by atoms with Gasteiger partial charge in [-0.05, 0) is 37.0 Å². The van der Waals surface area contributed by atoms with Crippen molar-refractivity contribution in [3.05, 3.63) is 34.1 Å². The average Bonchev–Trinajstić information content (AvgIpc) is 2.73. The lowest BCUT2D eigenvalue weighted by molar-refractivity contribution is 0.426. The molecule has 0 amide bonds. The van der Waals surface area contributed by atoms with Crippen LogP contribution in [0.1, 0.15) is 36.8 Å². The van der Waals surface area contributed by atoms with Crippen molar-refractivity contribution in [2.75, 3.05) is 6.54 Å². The van der Waals surface area contributed by atoms with E-state index in [1.54, 1.807) is 6.07 Å². The second-order valence-corrected chi connectivity index (χ2v) is 5.21. The molecular weight excluding hydrogens is 225 g/mol. The van der Waals surface area contributed by atoms with Gasteiger partial charge in [0.25, 0.3) is 0 Å². The Morgan fingerprint density at radius 2 is 2.00 bits per heavy atom. The van der Waals surface area contributed by atoms with Crippen LogP contribution in [-0.2, 0) is 5.41 Å². The molecule has 0 unspecified atom stereocenters. The lowest BCUT2D eigenvalue weighted by atomic mass is 9.78. The van der Waals surface area contributed by atoms with Crippen LogP contribution in [0.4, 0.5) is 4.39 Å². The number of halogens is 2. The minimum atomic E-state index is -0.278. The Labute approximate surface area is 101 Å². The highest BCUT2D eigenvalue weighted by Gasteiger charge is 2.37. The summed E-state index contributed by atoms with van der Waals surface area (Å²) >= 11 is 5.90. The monoisotopic (exact) mass is 241 g/mol. The quantitative estimate of drug-likeness (QED) is 0.842. The van der Waals surface area contributed by atoms with E-state index in [9.17, 15) is 4.39 Å². The van der Waals surface area contributed by atoms with Gasteiger partial charge < -0.3 is 5.73 Å². The first-order valence-corrected chi connectivity index (χ1v) is 6.13. The van der Waals surface area contributed by atoms with Gasteiger partial charge in [-0.3, -0.25) is 0 Å². The van der Waals surface area contributed by atoms with Gasteiger partial charge in [-0.25, -0.2) is 4.39 Å². The van der Waals surface area contributed by atoms with Crippen LogP contribution in [0.25, 0.3) is 0 Å². The Morgan fingerprint density at radius 1 is 1.38 bits per heavy atom. The second kappa shape index (κ2) is 4.34. The van der Waals surface area contributed by atoms with Gasteiger partial charge >= 0.3 is 0 Å². The van der Waals surface area contributed by atoms with Crippen molar-refractivity contribution >= 4 is 11.6 Å². The van der Waals surface area contributed by atoms with Crippen LogP contribution in [0.3, 0.4) is 0 Å². The Kier molecular flexibility index (Phi) is 3.22. The molecule has 0 atom stereocenters. The predicted molar refractivity (Wildman–Crippen MR) is 65.3 cm³/mol. The van der Waals surface area contributed by atoms with E-state index in [1.807, 2.05) is 13.0 Å². The molecule has 1 nitrogen and oxygen atoms in total. The summed E-state index contributed by atoms with van der Waals surface area (Å²) in [5, 5.41) is 0.217. The molecule has 1 fully saturated rings. The van der Waals surface area contributed by atoms with Crippen LogP contribution in [0.2, 0.25) is 5.02 Å². The topological polar surface area (TPSA) is 26.0 Å². The largest absolute Gasteiger partial charge is 0.330 e. The Balaban J connectivity index is 2.53. The molecule has 1 aromatic rings. The smallest absolute Gasteiger partial charge is 0.145 e. The number of nitrogens with two attached hydrogens (primary N) is 1. The maximum absolute atomic E-state index is 14.1. The summed E-state index contributed by atoms with van der Waals surface area (Å²) in [5.41, 5.74) is 7.40. The standard InChI is InChI=1S/C13H17ClFN/c1-9-6-10(12(15)11(14)7-9)13(8-16)4-2-3-5-13/h6-7H,2-5,8,16H2,1H3. The maximum Gasteiger partial charge on any atom is 0.145 e. The molecule has 1 saturated carbocycles. The summed E-state index contributed by atoms with van der Waals surface area (Å²) in [5.74, 6) is -0.278. The fraction of sp³-hybridized carbons (Fsp3) is 0.538. The van der Waals surface area contributed by atoms with Crippen LogP contribution >= 0.6 is 11.6 Å². The molecule has 0 aliphatic heterocycles. The van der Waals surface area contributed by atoms with Crippen LogP contribution in [0.5, 0.6) is 0 Å². The zero-order valence-corrected chi connectivity index (χ0v) is 10.3. The predicted octanol–water partition coefficient (Wildman–Crippen LogP) is 3.56. The fourth-order valence-corrected chi connectivity index (χ4v) is 3.02. The molecule has 0 saturated heterocycles. The number of hydrogen-bond donors (Lipinski definition) is 1. The molecule has 1 aliphatic rings. The van der Waals surface area contributed by atoms with Crippen LogP contribution in [-0.4, -0.2) is 6.54 Å². The van der Waals surface area contributed by atoms with Crippen molar-refractivity contribution in [2.24, 2.45) is 5.73 Å². The first kappa shape index (κ1) is 11.9. The molecule has 0 spiro atoms. The zero-order valence-electron chi connectivity index (χ0n) is 9.52. The Hall–Kier alpha value is -0.600. The van der Waals surface area contributed by atoms with Gasteiger partial charge in [0.05, 0.1) is 5.02 Å². The summed E-state index contributed by atoms with van der Waals surface area (Å²) in [4.78, 5) is 0. The molecule has 1 aromatic carbocycles. The number of rotatable bonds is 2. The van der Waals surface area contributed by atoms with Crippen molar-refractivity contribution in [1.29, 1.82) is 0 Å². The molecular formula is C13H17ClFN. The highest BCUT2D eigenvalue weighted by molar-refractivity contribution is 6.30. The lowest BCUT2D eigenvalue weighted by Crippen LogP contribution is -2.33. The fourth-order valence-electron chi connectivity index (χ4n) is 2.75. The minimum Gasteiger partial charge on any atom is -0.330 e. The highest BCUT2D eigenvalue weighted by atomic mass is 35.5. The number of hydrogen-bond acceptors (Lipinski definition) is 1. The third-order valence-electron chi connectivity index (χ3n) is 3.70. The molecule has 3 heteroatoms. The van der Waals surface area contributed by atoms with Gasteiger partial charge in [-0.1, -0.05) is 30.5 Å². The van der Waals surface area contributed by atoms with E-state index in [0.29, 0.717) is 6.54 Å². The molecule has 2 rings (SSSR count). The zero-order chi connectivity index (χ0) is 11.8. The van der Waals surface area contributed by atoms with Gasteiger partial charge in [0.1, 0.15) is 5.82 Å². The number of aryl methyl sites for hydroxylation is 1. The molecule has 88 valence electrons. The maximum atomic E-state index is 14.1. The molecule has 0 aromatic heterocycles. The molecule has 2 N–H and O–H groups in total. The third-order valence-corrected chi connectivity index (χ3v) is 3.97. The van der Waals surface area contributed by atoms with Crippen LogP contribution < -0.4 is 5.73 Å². The van der Waals surface area contributed by atoms with Gasteiger partial charge in [0.2, 0.25) is 0 Å². The van der Waals surface area contributed by atoms with Crippen LogP contribution in [0, 0.1) is 12.7 Å². The van der Waals surface area contributed by atoms with Crippen molar-refractivity contribution in [3.8, 4) is 0 Å². The second-order valence-electron chi connectivity index (χ2n) is 4.80. The summed E-state index contributed by atoms with van der Waals surface area (Å²) in [6.45, 7) is 2.44. The summed E-state index contributed by atoms with van der Waals surface area (Å²) in [6, 6.07) is 3.57. The van der Waals surface area contributed by atoms with E-state index < -0.39 is 0 Å². The molecule has 0 radical (unpaired) electrons. The van der Waals surface area contributed by atoms with E-state index in [1.165, 1.54) is 0 Å². The van der Waals surface area contributed by atoms with Crippen molar-refractivity contribution in [1.82, 2.24) is 0 Å². The van der Waals surface area contributed by atoms with Gasteiger partial charge in [0, 0.05) is 12.0 Å². The van der Waals surface area contributed by atoms with Gasteiger partial charge in [-0.2, -0.15) is 0 Å². The SMILES string of the molecule is Cc1cc(Cl)c(F)c(C2(CN)CCCC2)c1. The molecule has 1 aliphatic carbocycles. The van der Waals surface area contributed by atoms with E-state index in [-0.39, 0.29) is 16.3 Å². The van der Waals surface area contributed by atoms with Gasteiger partial charge in [0.15, 0.2) is 0 Å². The first-order chi connectivity index (χ1) is 7.59. The van der Waals surface area contributed by atoms with E-state index in [2.05, 4.69) is 0 Å². The Bertz CT molecular complexity index is 397. The summed E-state index contributed by atoms with van der Waals surface area (Å²) in [6.07, 6.45) is 4.20. The lowest BCUT2D eigenvalue weighted by Gasteiger charge is -2.29. The van der Waals surface area contributed by atoms with Crippen molar-refractivity contribution < 1.29 is 4.39 Å². The normalized spacial score (nSPS) is 19.0. The molecule has 16 heavy (non-hydrogen) atoms. The van der Waals surface area contributed by atoms with E-state index in [0.717, 1.165) is 36.8 Å². The highest BCUT2D eigenvalue weighted by Crippen LogP contribution is 2.42. The molecule has 0 heterocycles. The number of benzene rings is 1. The Morgan fingerprint density at radius 3 is 2.56 bits per heavy atom. The van der Waals surface area contributed by atoms with E-state index in [4.69, 9.17) is 17.3 Å². The van der Waals surface area contributed by atoms with Gasteiger partial charge in [-0.15, -0.1) is 0 Å². The van der Waals surface area contributed by atoms with Crippen molar-refractivity contribution in [3.63, 3.8) is 0 Å². The average molecular weight is 242 g/mol. The summed E-state index contributed by atoms with van der Waals surface area (Å²) < 4.78 is 14.1. The third kappa shape index (κ3) is 1.85.